The number of hydrogen-bond donors (Lipinski definition) is 1. The normalized spacial score (nSPS) is 12.6. The van der Waals surface area contributed by atoms with E-state index in [0.29, 0.717) is 35.2 Å². The number of hydrogen-bond acceptors (Lipinski definition) is 5. The minimum atomic E-state index is -0.312. The average Bonchev–Trinajstić information content (AvgIpc) is 2.68. The first-order chi connectivity index (χ1) is 13.5. The van der Waals surface area contributed by atoms with E-state index in [1.165, 1.54) is 0 Å². The van der Waals surface area contributed by atoms with Crippen LogP contribution in [0.15, 0.2) is 54.6 Å². The van der Waals surface area contributed by atoms with Crippen LogP contribution in [0.5, 0.6) is 17.2 Å². The lowest BCUT2D eigenvalue weighted by molar-refractivity contribution is -0.121. The lowest BCUT2D eigenvalue weighted by Crippen LogP contribution is -2.39. The number of nitrogens with zero attached hydrogens (tertiary/aromatic N) is 1. The molecule has 7 nitrogen and oxygen atoms in total. The van der Waals surface area contributed by atoms with Crippen molar-refractivity contribution < 1.29 is 23.8 Å². The van der Waals surface area contributed by atoms with E-state index in [-0.39, 0.29) is 25.0 Å². The smallest absolute Gasteiger partial charge is 0.265 e. The Morgan fingerprint density at radius 3 is 2.79 bits per heavy atom. The van der Waals surface area contributed by atoms with Crippen molar-refractivity contribution >= 4 is 23.2 Å². The molecule has 1 heterocycles. The van der Waals surface area contributed by atoms with Crippen molar-refractivity contribution in [3.05, 3.63) is 54.6 Å². The van der Waals surface area contributed by atoms with Crippen LogP contribution in [-0.2, 0) is 9.59 Å². The number of nitrogens with one attached hydrogen (secondary N) is 1. The predicted molar refractivity (Wildman–Crippen MR) is 106 cm³/mol. The van der Waals surface area contributed by atoms with Crippen LogP contribution in [0.4, 0.5) is 11.4 Å². The van der Waals surface area contributed by atoms with Crippen molar-refractivity contribution in [1.82, 2.24) is 0 Å². The first-order valence-electron chi connectivity index (χ1n) is 8.74. The van der Waals surface area contributed by atoms with Gasteiger partial charge in [-0.25, -0.2) is 0 Å². The quantitative estimate of drug-likeness (QED) is 0.745. The van der Waals surface area contributed by atoms with E-state index in [1.807, 2.05) is 6.92 Å². The lowest BCUT2D eigenvalue weighted by atomic mass is 10.2. The van der Waals surface area contributed by atoms with E-state index in [4.69, 9.17) is 14.2 Å². The van der Waals surface area contributed by atoms with Crippen molar-refractivity contribution in [3.63, 3.8) is 0 Å². The largest absolute Gasteiger partial charge is 0.497 e. The van der Waals surface area contributed by atoms with E-state index in [2.05, 4.69) is 11.9 Å². The number of carbonyl (C=O) groups excluding carboxylic acids is 2. The van der Waals surface area contributed by atoms with Crippen molar-refractivity contribution in [3.8, 4) is 17.2 Å². The Kier molecular flexibility index (Phi) is 5.84. The molecule has 0 radical (unpaired) electrons. The van der Waals surface area contributed by atoms with Crippen LogP contribution in [0.2, 0.25) is 0 Å². The van der Waals surface area contributed by atoms with Gasteiger partial charge in [0.25, 0.3) is 11.8 Å². The van der Waals surface area contributed by atoms with Gasteiger partial charge in [0.1, 0.15) is 17.2 Å². The molecule has 0 bridgehead atoms. The summed E-state index contributed by atoms with van der Waals surface area (Å²) in [6.07, 6.45) is 0. The molecule has 1 aliphatic rings. The fraction of sp³-hybridized carbons (Fsp3) is 0.238. The number of fused-ring (bicyclic) bond motifs is 1. The molecule has 1 aliphatic heterocycles. The highest BCUT2D eigenvalue weighted by molar-refractivity contribution is 5.99. The van der Waals surface area contributed by atoms with Crippen LogP contribution in [-0.4, -0.2) is 38.7 Å². The second-order valence-electron chi connectivity index (χ2n) is 6.42. The molecule has 0 fully saturated rings. The minimum Gasteiger partial charge on any atom is -0.497 e. The molecule has 0 saturated heterocycles. The van der Waals surface area contributed by atoms with E-state index in [9.17, 15) is 9.59 Å². The highest BCUT2D eigenvalue weighted by Crippen LogP contribution is 2.34. The predicted octanol–water partition coefficient (Wildman–Crippen LogP) is 3.01. The standard InChI is InChI=1S/C21H22N2O5/c1-14(2)11-23-18-8-7-15(9-19(18)28-13-21(23)25)22-20(24)12-27-17-6-4-5-16(10-17)26-3/h4-10H,1,11-13H2,2-3H3,(H,22,24). The third kappa shape index (κ3) is 4.62. The van der Waals surface area contributed by atoms with Gasteiger partial charge in [0.15, 0.2) is 13.2 Å². The second-order valence-corrected chi connectivity index (χ2v) is 6.42. The van der Waals surface area contributed by atoms with Gasteiger partial charge in [-0.3, -0.25) is 9.59 Å². The number of ether oxygens (including phenoxy) is 3. The number of methoxy groups -OCH3 is 1. The molecule has 7 heteroatoms. The molecule has 3 rings (SSSR count). The Labute approximate surface area is 163 Å². The summed E-state index contributed by atoms with van der Waals surface area (Å²) in [4.78, 5) is 25.9. The first-order valence-corrected chi connectivity index (χ1v) is 8.74. The molecule has 2 aromatic rings. The van der Waals surface area contributed by atoms with Crippen molar-refractivity contribution in [2.75, 3.05) is 37.1 Å². The zero-order valence-electron chi connectivity index (χ0n) is 15.9. The summed E-state index contributed by atoms with van der Waals surface area (Å²) in [5.74, 6) is 1.29. The van der Waals surface area contributed by atoms with Gasteiger partial charge in [-0.05, 0) is 31.2 Å². The highest BCUT2D eigenvalue weighted by atomic mass is 16.5. The highest BCUT2D eigenvalue weighted by Gasteiger charge is 2.25. The first kappa shape index (κ1) is 19.3. The Bertz CT molecular complexity index is 909. The fourth-order valence-electron chi connectivity index (χ4n) is 2.76. The maximum absolute atomic E-state index is 12.2. The average molecular weight is 382 g/mol. The van der Waals surface area contributed by atoms with E-state index < -0.39 is 0 Å². The molecule has 28 heavy (non-hydrogen) atoms. The molecule has 0 spiro atoms. The number of amides is 2. The van der Waals surface area contributed by atoms with Crippen LogP contribution in [0, 0.1) is 0 Å². The second kappa shape index (κ2) is 8.47. The Balaban J connectivity index is 1.64. The van der Waals surface area contributed by atoms with E-state index in [1.54, 1.807) is 54.5 Å². The third-order valence-electron chi connectivity index (χ3n) is 4.03. The summed E-state index contributed by atoms with van der Waals surface area (Å²) in [6.45, 7) is 5.95. The molecule has 0 atom stereocenters. The zero-order chi connectivity index (χ0) is 20.1. The third-order valence-corrected chi connectivity index (χ3v) is 4.03. The topological polar surface area (TPSA) is 77.1 Å². The summed E-state index contributed by atoms with van der Waals surface area (Å²) in [5, 5.41) is 2.76. The molecule has 1 N–H and O–H groups in total. The number of carbonyl (C=O) groups is 2. The maximum Gasteiger partial charge on any atom is 0.265 e. The van der Waals surface area contributed by atoms with Gasteiger partial charge < -0.3 is 24.4 Å². The van der Waals surface area contributed by atoms with Crippen LogP contribution in [0.3, 0.4) is 0 Å². The van der Waals surface area contributed by atoms with Crippen molar-refractivity contribution in [2.24, 2.45) is 0 Å². The van der Waals surface area contributed by atoms with Gasteiger partial charge in [0.05, 0.1) is 12.8 Å². The van der Waals surface area contributed by atoms with E-state index >= 15 is 0 Å². The van der Waals surface area contributed by atoms with Gasteiger partial charge in [-0.1, -0.05) is 18.2 Å². The van der Waals surface area contributed by atoms with Gasteiger partial charge in [-0.15, -0.1) is 0 Å². The molecular formula is C21H22N2O5. The molecule has 0 aromatic heterocycles. The van der Waals surface area contributed by atoms with Crippen LogP contribution >= 0.6 is 0 Å². The molecule has 0 unspecified atom stereocenters. The number of benzene rings is 2. The summed E-state index contributed by atoms with van der Waals surface area (Å²) in [7, 11) is 1.56. The van der Waals surface area contributed by atoms with Gasteiger partial charge in [0.2, 0.25) is 0 Å². The van der Waals surface area contributed by atoms with Crippen LogP contribution < -0.4 is 24.4 Å². The van der Waals surface area contributed by atoms with Crippen LogP contribution in [0.25, 0.3) is 0 Å². The Morgan fingerprint density at radius 2 is 2.04 bits per heavy atom. The van der Waals surface area contributed by atoms with Gasteiger partial charge in [-0.2, -0.15) is 0 Å². The van der Waals surface area contributed by atoms with Gasteiger partial charge in [0, 0.05) is 24.4 Å². The SMILES string of the molecule is C=C(C)CN1C(=O)COc2cc(NC(=O)COc3cccc(OC)c3)ccc21. The number of anilines is 2. The Hall–Kier alpha value is -3.48. The molecule has 0 saturated carbocycles. The summed E-state index contributed by atoms with van der Waals surface area (Å²) < 4.78 is 16.1. The molecule has 2 aromatic carbocycles. The van der Waals surface area contributed by atoms with Crippen molar-refractivity contribution in [1.29, 1.82) is 0 Å². The van der Waals surface area contributed by atoms with Gasteiger partial charge >= 0.3 is 0 Å². The number of rotatable bonds is 7. The molecule has 146 valence electrons. The summed E-state index contributed by atoms with van der Waals surface area (Å²) in [5.41, 5.74) is 2.08. The summed E-state index contributed by atoms with van der Waals surface area (Å²) >= 11 is 0. The lowest BCUT2D eigenvalue weighted by Gasteiger charge is -2.29. The minimum absolute atomic E-state index is 0.0450. The van der Waals surface area contributed by atoms with Crippen molar-refractivity contribution in [2.45, 2.75) is 6.92 Å². The Morgan fingerprint density at radius 1 is 1.25 bits per heavy atom. The summed E-state index contributed by atoms with van der Waals surface area (Å²) in [6, 6.07) is 12.2. The fourth-order valence-corrected chi connectivity index (χ4v) is 2.76. The molecule has 0 aliphatic carbocycles. The zero-order valence-corrected chi connectivity index (χ0v) is 15.9. The molecule has 2 amide bonds. The molecular weight excluding hydrogens is 360 g/mol. The monoisotopic (exact) mass is 382 g/mol. The van der Waals surface area contributed by atoms with Crippen LogP contribution in [0.1, 0.15) is 6.92 Å². The van der Waals surface area contributed by atoms with E-state index in [0.717, 1.165) is 5.57 Å². The maximum atomic E-state index is 12.2.